The number of carbonyl (C=O) groups excluding carboxylic acids is 1. The third-order valence-corrected chi connectivity index (χ3v) is 4.95. The van der Waals surface area contributed by atoms with E-state index >= 15 is 0 Å². The Morgan fingerprint density at radius 2 is 2.04 bits per heavy atom. The van der Waals surface area contributed by atoms with Crippen molar-refractivity contribution < 1.29 is 4.79 Å². The molecule has 2 aliphatic rings. The number of carbonyl (C=O) groups is 1. The van der Waals surface area contributed by atoms with Crippen LogP contribution in [0.25, 0.3) is 0 Å². The van der Waals surface area contributed by atoms with Crippen molar-refractivity contribution in [3.05, 3.63) is 35.9 Å². The second-order valence-corrected chi connectivity index (χ2v) is 6.75. The maximum absolute atomic E-state index is 12.4. The summed E-state index contributed by atoms with van der Waals surface area (Å²) in [6, 6.07) is 11.4. The summed E-state index contributed by atoms with van der Waals surface area (Å²) in [5.41, 5.74) is 1.35. The van der Waals surface area contributed by atoms with Crippen molar-refractivity contribution in [3.63, 3.8) is 0 Å². The van der Waals surface area contributed by atoms with Gasteiger partial charge in [0.15, 0.2) is 0 Å². The first kappa shape index (κ1) is 21.2. The standard InChI is InChI=1S/C18H27N3O.2ClH/c1-14-10-17(20-18(22)16-8-5-9-19-11-16)13-21(14)12-15-6-3-2-4-7-15;;/h2-4,6-7,14,16-17,19H,5,8-13H2,1H3,(H,20,22);2*1H. The molecule has 136 valence electrons. The molecule has 0 aromatic heterocycles. The molecule has 4 nitrogen and oxygen atoms in total. The molecule has 2 N–H and O–H groups in total. The minimum absolute atomic E-state index is 0. The first-order valence-electron chi connectivity index (χ1n) is 8.51. The highest BCUT2D eigenvalue weighted by molar-refractivity contribution is 5.85. The Morgan fingerprint density at radius 1 is 1.29 bits per heavy atom. The molecular weight excluding hydrogens is 345 g/mol. The highest BCUT2D eigenvalue weighted by Gasteiger charge is 2.31. The number of benzene rings is 1. The fraction of sp³-hybridized carbons (Fsp3) is 0.611. The second kappa shape index (κ2) is 10.2. The number of hydrogen-bond donors (Lipinski definition) is 2. The lowest BCUT2D eigenvalue weighted by Crippen LogP contribution is -2.45. The van der Waals surface area contributed by atoms with Crippen LogP contribution in [0.1, 0.15) is 31.7 Å². The Bertz CT molecular complexity index is 494. The Morgan fingerprint density at radius 3 is 2.71 bits per heavy atom. The van der Waals surface area contributed by atoms with Crippen LogP contribution in [0.5, 0.6) is 0 Å². The zero-order valence-electron chi connectivity index (χ0n) is 14.2. The quantitative estimate of drug-likeness (QED) is 0.852. The first-order valence-corrected chi connectivity index (χ1v) is 8.51. The summed E-state index contributed by atoms with van der Waals surface area (Å²) in [5.74, 6) is 0.401. The molecule has 2 fully saturated rings. The number of rotatable bonds is 4. The van der Waals surface area contributed by atoms with Gasteiger partial charge in [-0.05, 0) is 38.3 Å². The summed E-state index contributed by atoms with van der Waals surface area (Å²) in [7, 11) is 0. The van der Waals surface area contributed by atoms with E-state index in [2.05, 4.69) is 52.8 Å². The first-order chi connectivity index (χ1) is 10.7. The number of nitrogens with one attached hydrogen (secondary N) is 2. The molecule has 2 aliphatic heterocycles. The van der Waals surface area contributed by atoms with E-state index in [1.165, 1.54) is 5.56 Å². The normalized spacial score (nSPS) is 27.0. The average molecular weight is 374 g/mol. The third kappa shape index (κ3) is 5.62. The Labute approximate surface area is 157 Å². The summed E-state index contributed by atoms with van der Waals surface area (Å²) in [5, 5.41) is 6.59. The van der Waals surface area contributed by atoms with Gasteiger partial charge in [0.25, 0.3) is 0 Å². The molecule has 2 saturated heterocycles. The van der Waals surface area contributed by atoms with E-state index in [1.807, 2.05) is 0 Å². The van der Waals surface area contributed by atoms with Crippen LogP contribution in [-0.2, 0) is 11.3 Å². The summed E-state index contributed by atoms with van der Waals surface area (Å²) in [6.07, 6.45) is 3.19. The monoisotopic (exact) mass is 373 g/mol. The molecule has 24 heavy (non-hydrogen) atoms. The van der Waals surface area contributed by atoms with Gasteiger partial charge in [0.2, 0.25) is 5.91 Å². The van der Waals surface area contributed by atoms with Gasteiger partial charge in [-0.25, -0.2) is 0 Å². The van der Waals surface area contributed by atoms with E-state index in [-0.39, 0.29) is 36.6 Å². The zero-order valence-corrected chi connectivity index (χ0v) is 15.9. The molecular formula is C18H29Cl2N3O. The average Bonchev–Trinajstić information content (AvgIpc) is 2.88. The van der Waals surface area contributed by atoms with Gasteiger partial charge in [-0.15, -0.1) is 24.8 Å². The van der Waals surface area contributed by atoms with E-state index in [1.54, 1.807) is 0 Å². The maximum atomic E-state index is 12.4. The van der Waals surface area contributed by atoms with Gasteiger partial charge >= 0.3 is 0 Å². The van der Waals surface area contributed by atoms with E-state index in [0.717, 1.165) is 45.4 Å². The number of nitrogens with zero attached hydrogens (tertiary/aromatic N) is 1. The number of amides is 1. The molecule has 3 rings (SSSR count). The van der Waals surface area contributed by atoms with Gasteiger partial charge in [-0.1, -0.05) is 30.3 Å². The van der Waals surface area contributed by atoms with Crippen LogP contribution in [0, 0.1) is 5.92 Å². The predicted molar refractivity (Wildman–Crippen MR) is 103 cm³/mol. The van der Waals surface area contributed by atoms with Crippen LogP contribution < -0.4 is 10.6 Å². The van der Waals surface area contributed by atoms with Gasteiger partial charge in [-0.2, -0.15) is 0 Å². The number of hydrogen-bond acceptors (Lipinski definition) is 3. The Hall–Kier alpha value is -0.810. The minimum atomic E-state index is 0. The molecule has 1 aromatic rings. The minimum Gasteiger partial charge on any atom is -0.352 e. The SMILES string of the molecule is CC1CC(NC(=O)C2CCCNC2)CN1Cc1ccccc1.Cl.Cl. The summed E-state index contributed by atoms with van der Waals surface area (Å²) in [6.45, 7) is 6.08. The van der Waals surface area contributed by atoms with E-state index < -0.39 is 0 Å². The van der Waals surface area contributed by atoms with Gasteiger partial charge in [0.1, 0.15) is 0 Å². The molecule has 0 aliphatic carbocycles. The second-order valence-electron chi connectivity index (χ2n) is 6.75. The van der Waals surface area contributed by atoms with Crippen molar-refractivity contribution in [2.24, 2.45) is 5.92 Å². The van der Waals surface area contributed by atoms with Crippen molar-refractivity contribution in [3.8, 4) is 0 Å². The van der Waals surface area contributed by atoms with E-state index in [4.69, 9.17) is 0 Å². The topological polar surface area (TPSA) is 44.4 Å². The van der Waals surface area contributed by atoms with Gasteiger partial charge in [0.05, 0.1) is 5.92 Å². The number of piperidine rings is 1. The molecule has 3 atom stereocenters. The molecule has 1 amide bonds. The smallest absolute Gasteiger partial charge is 0.224 e. The zero-order chi connectivity index (χ0) is 15.4. The van der Waals surface area contributed by atoms with Crippen LogP contribution in [0.15, 0.2) is 30.3 Å². The highest BCUT2D eigenvalue weighted by atomic mass is 35.5. The molecule has 1 aromatic carbocycles. The van der Waals surface area contributed by atoms with E-state index in [0.29, 0.717) is 12.1 Å². The Balaban J connectivity index is 0.00000144. The lowest BCUT2D eigenvalue weighted by atomic mass is 9.98. The van der Waals surface area contributed by atoms with Gasteiger partial charge in [-0.3, -0.25) is 9.69 Å². The van der Waals surface area contributed by atoms with Gasteiger partial charge in [0, 0.05) is 31.7 Å². The molecule has 0 spiro atoms. The summed E-state index contributed by atoms with van der Waals surface area (Å²) < 4.78 is 0. The van der Waals surface area contributed by atoms with Crippen LogP contribution in [-0.4, -0.2) is 42.5 Å². The molecule has 2 heterocycles. The lowest BCUT2D eigenvalue weighted by Gasteiger charge is -2.24. The number of halogens is 2. The number of likely N-dealkylation sites (tertiary alicyclic amines) is 1. The largest absolute Gasteiger partial charge is 0.352 e. The van der Waals surface area contributed by atoms with Crippen LogP contribution in [0.2, 0.25) is 0 Å². The van der Waals surface area contributed by atoms with Crippen molar-refractivity contribution in [2.75, 3.05) is 19.6 Å². The third-order valence-electron chi connectivity index (χ3n) is 4.95. The fourth-order valence-electron chi connectivity index (χ4n) is 3.64. The maximum Gasteiger partial charge on any atom is 0.224 e. The molecule has 0 bridgehead atoms. The fourth-order valence-corrected chi connectivity index (χ4v) is 3.64. The van der Waals surface area contributed by atoms with Crippen molar-refractivity contribution >= 4 is 30.7 Å². The van der Waals surface area contributed by atoms with Crippen molar-refractivity contribution in [1.82, 2.24) is 15.5 Å². The lowest BCUT2D eigenvalue weighted by molar-refractivity contribution is -0.126. The molecule has 6 heteroatoms. The van der Waals surface area contributed by atoms with Crippen LogP contribution in [0.3, 0.4) is 0 Å². The highest BCUT2D eigenvalue weighted by Crippen LogP contribution is 2.21. The van der Waals surface area contributed by atoms with E-state index in [9.17, 15) is 4.79 Å². The van der Waals surface area contributed by atoms with Gasteiger partial charge < -0.3 is 10.6 Å². The van der Waals surface area contributed by atoms with Crippen molar-refractivity contribution in [2.45, 2.75) is 44.8 Å². The molecule has 0 radical (unpaired) electrons. The molecule has 3 unspecified atom stereocenters. The van der Waals surface area contributed by atoms with Crippen LogP contribution >= 0.6 is 24.8 Å². The summed E-state index contributed by atoms with van der Waals surface area (Å²) in [4.78, 5) is 14.8. The summed E-state index contributed by atoms with van der Waals surface area (Å²) >= 11 is 0. The van der Waals surface area contributed by atoms with Crippen molar-refractivity contribution in [1.29, 1.82) is 0 Å². The molecule has 0 saturated carbocycles. The predicted octanol–water partition coefficient (Wildman–Crippen LogP) is 2.61. The van der Waals surface area contributed by atoms with Crippen LogP contribution in [0.4, 0.5) is 0 Å². The Kier molecular flexibility index (Phi) is 9.06.